The molecule has 0 heterocycles. The molecule has 10 heteroatoms. The predicted molar refractivity (Wildman–Crippen MR) is 135 cm³/mol. The van der Waals surface area contributed by atoms with Gasteiger partial charge in [-0.1, -0.05) is 25.5 Å². The molecule has 1 aromatic rings. The Labute approximate surface area is 212 Å². The van der Waals surface area contributed by atoms with E-state index in [1.54, 1.807) is 32.9 Å². The van der Waals surface area contributed by atoms with Gasteiger partial charge in [0.1, 0.15) is 23.4 Å². The van der Waals surface area contributed by atoms with Gasteiger partial charge in [-0.2, -0.15) is 0 Å². The zero-order chi connectivity index (χ0) is 27.0. The largest absolute Gasteiger partial charge is 0.508 e. The number of hydrogen-bond donors (Lipinski definition) is 4. The average molecular weight is 505 g/mol. The number of phenolic OH excluding ortho intramolecular Hbond substituents is 1. The van der Waals surface area contributed by atoms with Crippen molar-refractivity contribution < 1.29 is 29.0 Å². The van der Waals surface area contributed by atoms with E-state index >= 15 is 0 Å². The second-order valence-corrected chi connectivity index (χ2v) is 10.4. The van der Waals surface area contributed by atoms with Crippen LogP contribution in [-0.4, -0.2) is 57.5 Å². The molecule has 1 fully saturated rings. The molecule has 5 N–H and O–H groups in total. The number of benzene rings is 1. The highest BCUT2D eigenvalue weighted by molar-refractivity contribution is 5.95. The predicted octanol–water partition coefficient (Wildman–Crippen LogP) is 2.89. The molecule has 1 aromatic carbocycles. The molecule has 2 rings (SSSR count). The molecule has 0 spiro atoms. The van der Waals surface area contributed by atoms with E-state index in [2.05, 4.69) is 10.6 Å². The van der Waals surface area contributed by atoms with E-state index in [-0.39, 0.29) is 17.8 Å². The summed E-state index contributed by atoms with van der Waals surface area (Å²) in [6.07, 6.45) is 2.48. The van der Waals surface area contributed by atoms with Crippen molar-refractivity contribution >= 4 is 23.8 Å². The highest BCUT2D eigenvalue weighted by atomic mass is 16.6. The summed E-state index contributed by atoms with van der Waals surface area (Å²) in [5.74, 6) is -1.85. The maximum absolute atomic E-state index is 13.9. The molecule has 1 saturated carbocycles. The molecule has 1 aliphatic carbocycles. The van der Waals surface area contributed by atoms with Crippen LogP contribution in [0.1, 0.15) is 84.7 Å². The van der Waals surface area contributed by atoms with Crippen LogP contribution in [0.3, 0.4) is 0 Å². The molecule has 36 heavy (non-hydrogen) atoms. The third kappa shape index (κ3) is 8.42. The summed E-state index contributed by atoms with van der Waals surface area (Å²) >= 11 is 0. The van der Waals surface area contributed by atoms with Crippen LogP contribution in [0.2, 0.25) is 0 Å². The fraction of sp³-hybridized carbons (Fsp3) is 0.615. The van der Waals surface area contributed by atoms with Gasteiger partial charge in [0.2, 0.25) is 17.7 Å². The van der Waals surface area contributed by atoms with Crippen molar-refractivity contribution in [3.63, 3.8) is 0 Å². The summed E-state index contributed by atoms with van der Waals surface area (Å²) in [7, 11) is 0. The standard InChI is InChI=1S/C26H40N4O6/c1-6-9-16(2)28-23(33)22(17-10-7-13-19(31)14-17)30(18-11-8-12-18)24(34)20(15-21(27)32)29-25(35)36-26(3,4)5/h7,10,13-14,16,18,20,22,31H,6,8-9,11-12,15H2,1-5H3,(H2,27,32)(H,28,33)(H,29,35). The number of ether oxygens (including phenoxy) is 1. The molecule has 0 aromatic heterocycles. The Morgan fingerprint density at radius 3 is 2.36 bits per heavy atom. The molecule has 0 saturated heterocycles. The normalized spacial score (nSPS) is 16.1. The highest BCUT2D eigenvalue weighted by Gasteiger charge is 2.42. The molecule has 200 valence electrons. The van der Waals surface area contributed by atoms with Gasteiger partial charge >= 0.3 is 6.09 Å². The molecule has 3 atom stereocenters. The first-order chi connectivity index (χ1) is 16.8. The monoisotopic (exact) mass is 504 g/mol. The molecule has 1 aliphatic rings. The summed E-state index contributed by atoms with van der Waals surface area (Å²) in [6, 6.07) is 3.37. The lowest BCUT2D eigenvalue weighted by atomic mass is 9.87. The van der Waals surface area contributed by atoms with Crippen LogP contribution in [0.15, 0.2) is 24.3 Å². The number of rotatable bonds is 11. The van der Waals surface area contributed by atoms with E-state index in [1.807, 2.05) is 13.8 Å². The number of nitrogens with one attached hydrogen (secondary N) is 2. The highest BCUT2D eigenvalue weighted by Crippen LogP contribution is 2.35. The Morgan fingerprint density at radius 2 is 1.86 bits per heavy atom. The summed E-state index contributed by atoms with van der Waals surface area (Å²) in [5, 5.41) is 15.6. The minimum absolute atomic E-state index is 0.0477. The van der Waals surface area contributed by atoms with Crippen LogP contribution in [0.25, 0.3) is 0 Å². The van der Waals surface area contributed by atoms with Crippen LogP contribution in [-0.2, 0) is 19.1 Å². The smallest absolute Gasteiger partial charge is 0.408 e. The van der Waals surface area contributed by atoms with Gasteiger partial charge in [-0.3, -0.25) is 14.4 Å². The van der Waals surface area contributed by atoms with Gasteiger partial charge in [0.15, 0.2) is 0 Å². The molecule has 0 bridgehead atoms. The van der Waals surface area contributed by atoms with Crippen LogP contribution in [0.4, 0.5) is 4.79 Å². The van der Waals surface area contributed by atoms with Crippen LogP contribution >= 0.6 is 0 Å². The second-order valence-electron chi connectivity index (χ2n) is 10.4. The van der Waals surface area contributed by atoms with Crippen molar-refractivity contribution in [1.29, 1.82) is 0 Å². The van der Waals surface area contributed by atoms with Gasteiger partial charge in [0, 0.05) is 12.1 Å². The van der Waals surface area contributed by atoms with Gasteiger partial charge in [0.05, 0.1) is 6.42 Å². The third-order valence-corrected chi connectivity index (χ3v) is 5.94. The maximum Gasteiger partial charge on any atom is 0.408 e. The van der Waals surface area contributed by atoms with E-state index in [0.717, 1.165) is 19.3 Å². The number of carbonyl (C=O) groups is 4. The van der Waals surface area contributed by atoms with Gasteiger partial charge in [-0.25, -0.2) is 4.79 Å². The molecular weight excluding hydrogens is 464 g/mol. The maximum atomic E-state index is 13.9. The van der Waals surface area contributed by atoms with Crippen molar-refractivity contribution in [2.24, 2.45) is 5.73 Å². The molecular formula is C26H40N4O6. The molecule has 0 aliphatic heterocycles. The second kappa shape index (κ2) is 12.6. The number of carbonyl (C=O) groups excluding carboxylic acids is 4. The van der Waals surface area contributed by atoms with E-state index in [9.17, 15) is 24.3 Å². The number of alkyl carbamates (subject to hydrolysis) is 1. The van der Waals surface area contributed by atoms with Crippen molar-refractivity contribution in [2.45, 2.75) is 103 Å². The SMILES string of the molecule is CCCC(C)NC(=O)C(c1cccc(O)c1)N(C(=O)C(CC(N)=O)NC(=O)OC(C)(C)C)C1CCC1. The minimum Gasteiger partial charge on any atom is -0.508 e. The van der Waals surface area contributed by atoms with Gasteiger partial charge < -0.3 is 31.1 Å². The number of aromatic hydroxyl groups is 1. The minimum atomic E-state index is -1.32. The lowest BCUT2D eigenvalue weighted by molar-refractivity contribution is -0.148. The fourth-order valence-corrected chi connectivity index (χ4v) is 4.17. The van der Waals surface area contributed by atoms with Crippen molar-refractivity contribution in [1.82, 2.24) is 15.5 Å². The number of nitrogens with zero attached hydrogens (tertiary/aromatic N) is 1. The van der Waals surface area contributed by atoms with Crippen LogP contribution in [0, 0.1) is 0 Å². The number of amides is 4. The molecule has 4 amide bonds. The van der Waals surface area contributed by atoms with E-state index in [1.165, 1.54) is 17.0 Å². The van der Waals surface area contributed by atoms with Crippen molar-refractivity contribution in [3.05, 3.63) is 29.8 Å². The molecule has 10 nitrogen and oxygen atoms in total. The zero-order valence-electron chi connectivity index (χ0n) is 21.9. The van der Waals surface area contributed by atoms with Gasteiger partial charge in [-0.05, 0) is 71.1 Å². The van der Waals surface area contributed by atoms with Crippen LogP contribution in [0.5, 0.6) is 5.75 Å². The Morgan fingerprint density at radius 1 is 1.19 bits per heavy atom. The number of phenols is 1. The van der Waals surface area contributed by atoms with E-state index in [0.29, 0.717) is 18.4 Å². The van der Waals surface area contributed by atoms with Crippen LogP contribution < -0.4 is 16.4 Å². The fourth-order valence-electron chi connectivity index (χ4n) is 4.17. The first-order valence-electron chi connectivity index (χ1n) is 12.5. The van der Waals surface area contributed by atoms with E-state index < -0.39 is 47.9 Å². The quantitative estimate of drug-likeness (QED) is 0.364. The number of primary amides is 1. The average Bonchev–Trinajstić information content (AvgIpc) is 2.69. The zero-order valence-corrected chi connectivity index (χ0v) is 21.9. The number of hydrogen-bond acceptors (Lipinski definition) is 6. The van der Waals surface area contributed by atoms with Gasteiger partial charge in [-0.15, -0.1) is 0 Å². The summed E-state index contributed by atoms with van der Waals surface area (Å²) in [6.45, 7) is 8.93. The Hall–Kier alpha value is -3.30. The molecule has 3 unspecified atom stereocenters. The summed E-state index contributed by atoms with van der Waals surface area (Å²) in [4.78, 5) is 53.3. The van der Waals surface area contributed by atoms with E-state index in [4.69, 9.17) is 10.5 Å². The van der Waals surface area contributed by atoms with Gasteiger partial charge in [0.25, 0.3) is 0 Å². The Balaban J connectivity index is 2.49. The van der Waals surface area contributed by atoms with Crippen molar-refractivity contribution in [2.75, 3.05) is 0 Å². The first-order valence-corrected chi connectivity index (χ1v) is 12.5. The first kappa shape index (κ1) is 28.9. The third-order valence-electron chi connectivity index (χ3n) is 5.94. The number of nitrogens with two attached hydrogens (primary N) is 1. The van der Waals surface area contributed by atoms with Crippen molar-refractivity contribution in [3.8, 4) is 5.75 Å². The Bertz CT molecular complexity index is 941. The summed E-state index contributed by atoms with van der Waals surface area (Å²) in [5.41, 5.74) is 5.01. The Kier molecular flexibility index (Phi) is 10.1. The lowest BCUT2D eigenvalue weighted by Gasteiger charge is -2.43. The summed E-state index contributed by atoms with van der Waals surface area (Å²) < 4.78 is 5.28. The molecule has 0 radical (unpaired) electrons. The lowest BCUT2D eigenvalue weighted by Crippen LogP contribution is -2.58. The topological polar surface area (TPSA) is 151 Å².